The van der Waals surface area contributed by atoms with Crippen LogP contribution < -0.4 is 0 Å². The highest BCUT2D eigenvalue weighted by Crippen LogP contribution is 2.69. The molecule has 6 nitrogen and oxygen atoms in total. The van der Waals surface area contributed by atoms with E-state index in [4.69, 9.17) is 14.0 Å². The molecule has 2 rings (SSSR count). The van der Waals surface area contributed by atoms with E-state index in [1.165, 1.54) is 21.0 Å². The molecule has 0 amide bonds. The Balaban J connectivity index is 2.59. The molecule has 2 aromatic rings. The molecule has 0 unspecified atom stereocenters. The summed E-state index contributed by atoms with van der Waals surface area (Å²) >= 11 is 0. The Morgan fingerprint density at radius 2 is 1.12 bits per heavy atom. The van der Waals surface area contributed by atoms with Gasteiger partial charge in [0, 0.05) is 32.1 Å². The third-order valence-electron chi connectivity index (χ3n) is 3.66. The van der Waals surface area contributed by atoms with E-state index in [9.17, 15) is 14.2 Å². The van der Waals surface area contributed by atoms with Crippen LogP contribution in [0.2, 0.25) is 0 Å². The average Bonchev–Trinajstić information content (AvgIpc) is 2.65. The SMILES string of the molecule is COP(=O)([C@H](OC(C)=O)c1ccccc1)[C@H](OC(C)=O)c1ccccc1. The van der Waals surface area contributed by atoms with E-state index >= 15 is 0 Å². The molecular formula is C19H21O6P. The second kappa shape index (κ2) is 8.79. The zero-order valence-corrected chi connectivity index (χ0v) is 15.7. The van der Waals surface area contributed by atoms with Gasteiger partial charge in [-0.2, -0.15) is 0 Å². The number of rotatable bonds is 7. The Labute approximate surface area is 152 Å². The quantitative estimate of drug-likeness (QED) is 0.525. The van der Waals surface area contributed by atoms with E-state index in [0.29, 0.717) is 11.1 Å². The Hall–Kier alpha value is -2.43. The van der Waals surface area contributed by atoms with Crippen molar-refractivity contribution >= 4 is 19.3 Å². The lowest BCUT2D eigenvalue weighted by Gasteiger charge is -2.31. The van der Waals surface area contributed by atoms with Gasteiger partial charge in [-0.3, -0.25) is 14.2 Å². The highest BCUT2D eigenvalue weighted by Gasteiger charge is 2.47. The summed E-state index contributed by atoms with van der Waals surface area (Å²) in [6.07, 6.45) is 0. The van der Waals surface area contributed by atoms with Gasteiger partial charge < -0.3 is 14.0 Å². The van der Waals surface area contributed by atoms with Gasteiger partial charge in [0.1, 0.15) is 0 Å². The van der Waals surface area contributed by atoms with Gasteiger partial charge in [-0.1, -0.05) is 60.7 Å². The Kier molecular flexibility index (Phi) is 6.72. The zero-order chi connectivity index (χ0) is 19.2. The maximum atomic E-state index is 13.9. The summed E-state index contributed by atoms with van der Waals surface area (Å²) < 4.78 is 30.0. The largest absolute Gasteiger partial charge is 0.447 e. The molecule has 2 aromatic carbocycles. The zero-order valence-electron chi connectivity index (χ0n) is 14.8. The van der Waals surface area contributed by atoms with Gasteiger partial charge in [0.15, 0.2) is 0 Å². The van der Waals surface area contributed by atoms with Crippen molar-refractivity contribution in [3.63, 3.8) is 0 Å². The fraction of sp³-hybridized carbons (Fsp3) is 0.263. The van der Waals surface area contributed by atoms with Gasteiger partial charge in [0.05, 0.1) is 0 Å². The van der Waals surface area contributed by atoms with Gasteiger partial charge >= 0.3 is 11.9 Å². The topological polar surface area (TPSA) is 78.9 Å². The molecule has 0 bridgehead atoms. The minimum Gasteiger partial charge on any atom is -0.447 e. The fourth-order valence-corrected chi connectivity index (χ4v) is 4.96. The Bertz CT molecular complexity index is 727. The molecule has 0 saturated carbocycles. The van der Waals surface area contributed by atoms with E-state index in [1.54, 1.807) is 60.7 Å². The first-order valence-electron chi connectivity index (χ1n) is 7.98. The number of ether oxygens (including phenoxy) is 2. The third kappa shape index (κ3) is 4.59. The molecule has 0 fully saturated rings. The normalized spacial score (nSPS) is 13.5. The maximum Gasteiger partial charge on any atom is 0.303 e. The highest BCUT2D eigenvalue weighted by atomic mass is 31.2. The molecule has 0 saturated heterocycles. The molecule has 0 aromatic heterocycles. The van der Waals surface area contributed by atoms with Crippen LogP contribution in [0.4, 0.5) is 0 Å². The molecule has 7 heteroatoms. The highest BCUT2D eigenvalue weighted by molar-refractivity contribution is 7.59. The molecule has 26 heavy (non-hydrogen) atoms. The molecule has 0 N–H and O–H groups in total. The second-order valence-electron chi connectivity index (χ2n) is 5.57. The summed E-state index contributed by atoms with van der Waals surface area (Å²) in [6.45, 7) is 2.44. The Morgan fingerprint density at radius 1 is 0.769 bits per heavy atom. The van der Waals surface area contributed by atoms with Crippen LogP contribution in [0.15, 0.2) is 60.7 Å². The monoisotopic (exact) mass is 376 g/mol. The van der Waals surface area contributed by atoms with Crippen molar-refractivity contribution in [1.29, 1.82) is 0 Å². The van der Waals surface area contributed by atoms with Gasteiger partial charge in [-0.25, -0.2) is 0 Å². The summed E-state index contributed by atoms with van der Waals surface area (Å²) in [6, 6.07) is 17.2. The summed E-state index contributed by atoms with van der Waals surface area (Å²) in [7, 11) is -2.61. The number of hydrogen-bond acceptors (Lipinski definition) is 6. The van der Waals surface area contributed by atoms with Crippen LogP contribution in [-0.2, 0) is 28.2 Å². The molecule has 0 radical (unpaired) electrons. The lowest BCUT2D eigenvalue weighted by atomic mass is 10.2. The van der Waals surface area contributed by atoms with E-state index in [0.717, 1.165) is 0 Å². The predicted octanol–water partition coefficient (Wildman–Crippen LogP) is 4.43. The lowest BCUT2D eigenvalue weighted by molar-refractivity contribution is -0.144. The summed E-state index contributed by atoms with van der Waals surface area (Å²) in [5.74, 6) is -3.66. The number of benzene rings is 2. The van der Waals surface area contributed by atoms with Crippen LogP contribution in [0.3, 0.4) is 0 Å². The summed E-state index contributed by atoms with van der Waals surface area (Å²) in [4.78, 5) is 23.3. The second-order valence-corrected chi connectivity index (χ2v) is 8.17. The van der Waals surface area contributed by atoms with Crippen molar-refractivity contribution in [2.24, 2.45) is 0 Å². The molecule has 0 aliphatic carbocycles. The smallest absolute Gasteiger partial charge is 0.303 e. The first kappa shape index (κ1) is 19.9. The minimum atomic E-state index is -3.86. The number of carbonyl (C=O) groups is 2. The van der Waals surface area contributed by atoms with Crippen LogP contribution in [0.5, 0.6) is 0 Å². The molecule has 0 heterocycles. The number of carbonyl (C=O) groups excluding carboxylic acids is 2. The van der Waals surface area contributed by atoms with Crippen LogP contribution in [0, 0.1) is 0 Å². The van der Waals surface area contributed by atoms with Crippen molar-refractivity contribution in [2.45, 2.75) is 25.5 Å². The van der Waals surface area contributed by atoms with Crippen LogP contribution in [-0.4, -0.2) is 19.0 Å². The van der Waals surface area contributed by atoms with E-state index < -0.39 is 31.0 Å². The Morgan fingerprint density at radius 3 is 1.38 bits per heavy atom. The van der Waals surface area contributed by atoms with Gasteiger partial charge in [-0.05, 0) is 0 Å². The summed E-state index contributed by atoms with van der Waals surface area (Å²) in [5.41, 5.74) is 0.974. The van der Waals surface area contributed by atoms with Gasteiger partial charge in [0.25, 0.3) is 7.37 Å². The van der Waals surface area contributed by atoms with Crippen molar-refractivity contribution in [3.8, 4) is 0 Å². The summed E-state index contributed by atoms with van der Waals surface area (Å²) in [5, 5.41) is 0. The standard InChI is InChI=1S/C19H21O6P/c1-14(20)24-18(16-10-6-4-7-11-16)26(22,23-3)19(25-15(2)21)17-12-8-5-9-13-17/h4-13,18-19H,1-3H3/t18-,19-/m0/s1. The molecule has 2 atom stereocenters. The van der Waals surface area contributed by atoms with Crippen molar-refractivity contribution in [1.82, 2.24) is 0 Å². The van der Waals surface area contributed by atoms with Crippen LogP contribution >= 0.6 is 7.37 Å². The van der Waals surface area contributed by atoms with Crippen molar-refractivity contribution < 1.29 is 28.2 Å². The third-order valence-corrected chi connectivity index (χ3v) is 6.35. The molecule has 0 aliphatic heterocycles. The van der Waals surface area contributed by atoms with E-state index in [1.807, 2.05) is 0 Å². The number of hydrogen-bond donors (Lipinski definition) is 0. The molecular weight excluding hydrogens is 355 g/mol. The van der Waals surface area contributed by atoms with E-state index in [2.05, 4.69) is 0 Å². The molecule has 0 aliphatic rings. The first-order valence-corrected chi connectivity index (χ1v) is 9.74. The van der Waals surface area contributed by atoms with E-state index in [-0.39, 0.29) is 0 Å². The molecule has 138 valence electrons. The van der Waals surface area contributed by atoms with Crippen LogP contribution in [0.1, 0.15) is 36.7 Å². The average molecular weight is 376 g/mol. The number of esters is 2. The minimum absolute atomic E-state index is 0.487. The van der Waals surface area contributed by atoms with Gasteiger partial charge in [0.2, 0.25) is 11.7 Å². The van der Waals surface area contributed by atoms with Crippen molar-refractivity contribution in [3.05, 3.63) is 71.8 Å². The predicted molar refractivity (Wildman–Crippen MR) is 96.5 cm³/mol. The lowest BCUT2D eigenvalue weighted by Crippen LogP contribution is -2.18. The van der Waals surface area contributed by atoms with Crippen LogP contribution in [0.25, 0.3) is 0 Å². The fourth-order valence-electron chi connectivity index (χ4n) is 2.56. The molecule has 0 spiro atoms. The van der Waals surface area contributed by atoms with Crippen molar-refractivity contribution in [2.75, 3.05) is 7.11 Å². The van der Waals surface area contributed by atoms with Gasteiger partial charge in [-0.15, -0.1) is 0 Å². The first-order chi connectivity index (χ1) is 12.4. The maximum absolute atomic E-state index is 13.9.